The number of nitrogens with zero attached hydrogens (tertiary/aromatic N) is 3. The van der Waals surface area contributed by atoms with Crippen molar-refractivity contribution in [1.29, 1.82) is 0 Å². The first-order valence-electron chi connectivity index (χ1n) is 11.7. The molecule has 1 aliphatic rings. The monoisotopic (exact) mass is 472 g/mol. The Balaban J connectivity index is 1.24. The highest BCUT2D eigenvalue weighted by Gasteiger charge is 2.26. The zero-order valence-corrected chi connectivity index (χ0v) is 20.0. The highest BCUT2D eigenvalue weighted by molar-refractivity contribution is 7.10. The van der Waals surface area contributed by atoms with Gasteiger partial charge >= 0.3 is 0 Å². The smallest absolute Gasteiger partial charge is 0.251 e. The van der Waals surface area contributed by atoms with Gasteiger partial charge in [0.1, 0.15) is 0 Å². The summed E-state index contributed by atoms with van der Waals surface area (Å²) >= 11 is 1.76. The molecule has 1 saturated heterocycles. The Labute approximate surface area is 203 Å². The summed E-state index contributed by atoms with van der Waals surface area (Å²) in [5.74, 6) is 1.61. The van der Waals surface area contributed by atoms with Crippen LogP contribution in [-0.2, 0) is 0 Å². The van der Waals surface area contributed by atoms with Gasteiger partial charge < -0.3 is 9.73 Å². The molecule has 34 heavy (non-hydrogen) atoms. The van der Waals surface area contributed by atoms with E-state index in [4.69, 9.17) is 4.42 Å². The number of amides is 1. The van der Waals surface area contributed by atoms with Crippen LogP contribution in [-0.4, -0.2) is 40.6 Å². The van der Waals surface area contributed by atoms with Gasteiger partial charge in [-0.15, -0.1) is 21.5 Å². The molecule has 1 unspecified atom stereocenters. The van der Waals surface area contributed by atoms with Gasteiger partial charge in [0.25, 0.3) is 5.91 Å². The first-order valence-corrected chi connectivity index (χ1v) is 12.6. The van der Waals surface area contributed by atoms with Gasteiger partial charge in [0.15, 0.2) is 0 Å². The Bertz CT molecular complexity index is 1200. The van der Waals surface area contributed by atoms with Crippen LogP contribution in [0.1, 0.15) is 41.0 Å². The molecule has 1 amide bonds. The highest BCUT2D eigenvalue weighted by atomic mass is 32.1. The minimum Gasteiger partial charge on any atom is -0.416 e. The van der Waals surface area contributed by atoms with Gasteiger partial charge in [-0.2, -0.15) is 0 Å². The molecule has 2 aromatic carbocycles. The number of nitrogens with one attached hydrogen (secondary N) is 1. The molecular formula is C27H28N4O2S. The zero-order valence-electron chi connectivity index (χ0n) is 19.2. The Morgan fingerprint density at radius 3 is 2.32 bits per heavy atom. The number of aromatic nitrogens is 2. The maximum absolute atomic E-state index is 12.9. The van der Waals surface area contributed by atoms with Gasteiger partial charge in [0.05, 0.1) is 6.04 Å². The average Bonchev–Trinajstić information content (AvgIpc) is 3.59. The van der Waals surface area contributed by atoms with Crippen molar-refractivity contribution in [2.75, 3.05) is 19.6 Å². The van der Waals surface area contributed by atoms with E-state index in [-0.39, 0.29) is 11.9 Å². The standard InChI is InChI=1S/C27H28N4O2S/c1-19-13-15-31(16-14-19)23(24-8-5-17-34-24)18-28-25(32)20-9-11-22(12-10-20)27-30-29-26(33-27)21-6-3-2-4-7-21/h2-12,17,19,23H,13-16,18H2,1H3,(H,28,32). The fourth-order valence-electron chi connectivity index (χ4n) is 4.32. The van der Waals surface area contributed by atoms with Crippen LogP contribution in [0.4, 0.5) is 0 Å². The second kappa shape index (κ2) is 10.3. The highest BCUT2D eigenvalue weighted by Crippen LogP contribution is 2.29. The van der Waals surface area contributed by atoms with E-state index in [1.165, 1.54) is 17.7 Å². The molecule has 3 heterocycles. The van der Waals surface area contributed by atoms with Gasteiger partial charge in [-0.1, -0.05) is 31.2 Å². The summed E-state index contributed by atoms with van der Waals surface area (Å²) in [4.78, 5) is 16.7. The summed E-state index contributed by atoms with van der Waals surface area (Å²) in [6.07, 6.45) is 2.41. The molecule has 7 heteroatoms. The maximum atomic E-state index is 12.9. The molecule has 1 atom stereocenters. The zero-order chi connectivity index (χ0) is 23.3. The predicted molar refractivity (Wildman–Crippen MR) is 135 cm³/mol. The summed E-state index contributed by atoms with van der Waals surface area (Å²) in [5, 5.41) is 13.6. The number of hydrogen-bond acceptors (Lipinski definition) is 6. The molecule has 174 valence electrons. The maximum Gasteiger partial charge on any atom is 0.251 e. The van der Waals surface area contributed by atoms with E-state index in [0.29, 0.717) is 23.9 Å². The SMILES string of the molecule is CC1CCN(C(CNC(=O)c2ccc(-c3nnc(-c4ccccc4)o3)cc2)c2cccs2)CC1. The number of rotatable bonds is 7. The molecule has 2 aromatic heterocycles. The number of carbonyl (C=O) groups is 1. The van der Waals surface area contributed by atoms with Crippen molar-refractivity contribution in [2.45, 2.75) is 25.8 Å². The summed E-state index contributed by atoms with van der Waals surface area (Å²) in [6.45, 7) is 5.06. The summed E-state index contributed by atoms with van der Waals surface area (Å²) in [7, 11) is 0. The normalized spacial score (nSPS) is 15.8. The summed E-state index contributed by atoms with van der Waals surface area (Å²) in [5.41, 5.74) is 2.27. The molecule has 0 radical (unpaired) electrons. The molecular weight excluding hydrogens is 444 g/mol. The molecule has 0 saturated carbocycles. The predicted octanol–water partition coefficient (Wildman–Crippen LogP) is 5.67. The number of benzene rings is 2. The van der Waals surface area contributed by atoms with Crippen LogP contribution in [0.15, 0.2) is 76.5 Å². The number of carbonyl (C=O) groups excluding carboxylic acids is 1. The van der Waals surface area contributed by atoms with E-state index in [1.54, 1.807) is 23.5 Å². The third kappa shape index (κ3) is 5.11. The van der Waals surface area contributed by atoms with Gasteiger partial charge in [0.2, 0.25) is 11.8 Å². The van der Waals surface area contributed by atoms with Crippen LogP contribution in [0, 0.1) is 5.92 Å². The number of likely N-dealkylation sites (tertiary alicyclic amines) is 1. The molecule has 6 nitrogen and oxygen atoms in total. The minimum atomic E-state index is -0.0750. The van der Waals surface area contributed by atoms with Crippen LogP contribution < -0.4 is 5.32 Å². The lowest BCUT2D eigenvalue weighted by Crippen LogP contribution is -2.41. The van der Waals surface area contributed by atoms with E-state index in [2.05, 4.69) is 44.9 Å². The molecule has 1 fully saturated rings. The van der Waals surface area contributed by atoms with Crippen LogP contribution in [0.25, 0.3) is 22.9 Å². The number of piperidine rings is 1. The molecule has 1 N–H and O–H groups in total. The van der Waals surface area contributed by atoms with E-state index in [1.807, 2.05) is 42.5 Å². The van der Waals surface area contributed by atoms with Crippen LogP contribution in [0.5, 0.6) is 0 Å². The second-order valence-corrected chi connectivity index (χ2v) is 9.79. The van der Waals surface area contributed by atoms with E-state index in [9.17, 15) is 4.79 Å². The van der Waals surface area contributed by atoms with E-state index >= 15 is 0 Å². The minimum absolute atomic E-state index is 0.0750. The van der Waals surface area contributed by atoms with Crippen molar-refractivity contribution >= 4 is 17.2 Å². The number of thiophene rings is 1. The van der Waals surface area contributed by atoms with Crippen molar-refractivity contribution in [3.05, 3.63) is 82.6 Å². The van der Waals surface area contributed by atoms with Crippen molar-refractivity contribution in [1.82, 2.24) is 20.4 Å². The van der Waals surface area contributed by atoms with Crippen LogP contribution in [0.3, 0.4) is 0 Å². The van der Waals surface area contributed by atoms with E-state index in [0.717, 1.165) is 30.1 Å². The lowest BCUT2D eigenvalue weighted by molar-refractivity contribution is 0.0915. The van der Waals surface area contributed by atoms with Gasteiger partial charge in [0, 0.05) is 28.1 Å². The molecule has 0 spiro atoms. The molecule has 4 aromatic rings. The lowest BCUT2D eigenvalue weighted by Gasteiger charge is -2.36. The van der Waals surface area contributed by atoms with Crippen molar-refractivity contribution < 1.29 is 9.21 Å². The number of hydrogen-bond donors (Lipinski definition) is 1. The average molecular weight is 473 g/mol. The van der Waals surface area contributed by atoms with Crippen LogP contribution in [0.2, 0.25) is 0 Å². The first kappa shape index (κ1) is 22.5. The third-order valence-corrected chi connectivity index (χ3v) is 7.40. The quantitative estimate of drug-likeness (QED) is 0.375. The van der Waals surface area contributed by atoms with Gasteiger partial charge in [-0.25, -0.2) is 0 Å². The Kier molecular flexibility index (Phi) is 6.83. The van der Waals surface area contributed by atoms with Crippen molar-refractivity contribution in [3.8, 4) is 22.9 Å². The largest absolute Gasteiger partial charge is 0.416 e. The fraction of sp³-hybridized carbons (Fsp3) is 0.296. The van der Waals surface area contributed by atoms with Gasteiger partial charge in [-0.3, -0.25) is 9.69 Å². The Morgan fingerprint density at radius 2 is 1.68 bits per heavy atom. The first-order chi connectivity index (χ1) is 16.7. The Hall–Kier alpha value is -3.29. The molecule has 5 rings (SSSR count). The lowest BCUT2D eigenvalue weighted by atomic mass is 9.97. The molecule has 1 aliphatic heterocycles. The van der Waals surface area contributed by atoms with Crippen molar-refractivity contribution in [2.24, 2.45) is 5.92 Å². The topological polar surface area (TPSA) is 71.3 Å². The van der Waals surface area contributed by atoms with Crippen LogP contribution >= 0.6 is 11.3 Å². The summed E-state index contributed by atoms with van der Waals surface area (Å²) < 4.78 is 5.82. The van der Waals surface area contributed by atoms with Crippen molar-refractivity contribution in [3.63, 3.8) is 0 Å². The molecule has 0 bridgehead atoms. The summed E-state index contributed by atoms with van der Waals surface area (Å²) in [6, 6.07) is 21.4. The third-order valence-electron chi connectivity index (χ3n) is 6.43. The van der Waals surface area contributed by atoms with E-state index < -0.39 is 0 Å². The fourth-order valence-corrected chi connectivity index (χ4v) is 5.18. The van der Waals surface area contributed by atoms with Gasteiger partial charge in [-0.05, 0) is 79.7 Å². The second-order valence-electron chi connectivity index (χ2n) is 8.82. The Morgan fingerprint density at radius 1 is 1.00 bits per heavy atom. The molecule has 0 aliphatic carbocycles.